The summed E-state index contributed by atoms with van der Waals surface area (Å²) in [4.78, 5) is 4.10. The molecule has 0 aliphatic carbocycles. The van der Waals surface area contributed by atoms with Crippen molar-refractivity contribution >= 4 is 5.69 Å². The van der Waals surface area contributed by atoms with Crippen LogP contribution in [0.1, 0.15) is 12.5 Å². The zero-order valence-corrected chi connectivity index (χ0v) is 10.6. The zero-order chi connectivity index (χ0) is 12.6. The predicted molar refractivity (Wildman–Crippen MR) is 74.0 cm³/mol. The van der Waals surface area contributed by atoms with Gasteiger partial charge in [-0.05, 0) is 37.1 Å². The van der Waals surface area contributed by atoms with Crippen molar-refractivity contribution in [3.8, 4) is 5.75 Å². The van der Waals surface area contributed by atoms with Gasteiger partial charge in [0, 0.05) is 18.9 Å². The van der Waals surface area contributed by atoms with Crippen LogP contribution in [0.4, 0.5) is 5.69 Å². The Balaban J connectivity index is 1.90. The van der Waals surface area contributed by atoms with Gasteiger partial charge in [-0.1, -0.05) is 18.2 Å². The molecule has 1 N–H and O–H groups in total. The fourth-order valence-corrected chi connectivity index (χ4v) is 1.78. The first-order valence-electron chi connectivity index (χ1n) is 6.24. The van der Waals surface area contributed by atoms with Gasteiger partial charge < -0.3 is 10.1 Å². The van der Waals surface area contributed by atoms with Gasteiger partial charge in [-0.25, -0.2) is 0 Å². The molecular weight excluding hydrogens is 224 g/mol. The highest BCUT2D eigenvalue weighted by Gasteiger charge is 2.01. The van der Waals surface area contributed by atoms with Crippen molar-refractivity contribution in [3.05, 3.63) is 54.4 Å². The van der Waals surface area contributed by atoms with Crippen LogP contribution in [0.25, 0.3) is 0 Å². The molecule has 0 unspecified atom stereocenters. The van der Waals surface area contributed by atoms with Gasteiger partial charge in [0.05, 0.1) is 12.3 Å². The lowest BCUT2D eigenvalue weighted by atomic mass is 10.2. The molecule has 1 heterocycles. The van der Waals surface area contributed by atoms with Crippen molar-refractivity contribution < 1.29 is 4.74 Å². The molecule has 0 saturated heterocycles. The summed E-state index contributed by atoms with van der Waals surface area (Å²) < 4.78 is 5.56. The van der Waals surface area contributed by atoms with Gasteiger partial charge >= 0.3 is 0 Å². The molecule has 1 aromatic heterocycles. The quantitative estimate of drug-likeness (QED) is 0.845. The summed E-state index contributed by atoms with van der Waals surface area (Å²) in [5.74, 6) is 0.909. The number of benzene rings is 1. The van der Waals surface area contributed by atoms with Gasteiger partial charge in [-0.3, -0.25) is 4.98 Å². The van der Waals surface area contributed by atoms with Crippen molar-refractivity contribution in [2.45, 2.75) is 13.3 Å². The van der Waals surface area contributed by atoms with Gasteiger partial charge in [0.2, 0.25) is 0 Å². The molecule has 0 amide bonds. The Morgan fingerprint density at radius 1 is 1.17 bits per heavy atom. The summed E-state index contributed by atoms with van der Waals surface area (Å²) in [6, 6.07) is 12.1. The summed E-state index contributed by atoms with van der Waals surface area (Å²) in [6.07, 6.45) is 4.64. The maximum atomic E-state index is 5.56. The number of nitrogens with one attached hydrogen (secondary N) is 1. The Kier molecular flexibility index (Phi) is 4.59. The molecule has 0 bridgehead atoms. The van der Waals surface area contributed by atoms with E-state index in [1.54, 1.807) is 6.20 Å². The van der Waals surface area contributed by atoms with Crippen LogP contribution in [0.2, 0.25) is 0 Å². The number of ether oxygens (including phenoxy) is 1. The second-order valence-corrected chi connectivity index (χ2v) is 3.97. The fourth-order valence-electron chi connectivity index (χ4n) is 1.78. The molecule has 2 rings (SSSR count). The molecule has 0 atom stereocenters. The Labute approximate surface area is 108 Å². The van der Waals surface area contributed by atoms with Gasteiger partial charge in [0.25, 0.3) is 0 Å². The second-order valence-electron chi connectivity index (χ2n) is 3.97. The number of aromatic nitrogens is 1. The normalized spacial score (nSPS) is 10.1. The second kappa shape index (κ2) is 6.64. The van der Waals surface area contributed by atoms with Crippen molar-refractivity contribution in [2.24, 2.45) is 0 Å². The summed E-state index contributed by atoms with van der Waals surface area (Å²) >= 11 is 0. The number of pyridine rings is 1. The third-order valence-electron chi connectivity index (χ3n) is 2.64. The summed E-state index contributed by atoms with van der Waals surface area (Å²) in [7, 11) is 0. The van der Waals surface area contributed by atoms with Gasteiger partial charge in [-0.15, -0.1) is 0 Å². The van der Waals surface area contributed by atoms with Crippen LogP contribution >= 0.6 is 0 Å². The molecule has 94 valence electrons. The Morgan fingerprint density at radius 3 is 2.83 bits per heavy atom. The van der Waals surface area contributed by atoms with Crippen LogP contribution in [0, 0.1) is 0 Å². The number of hydrogen-bond acceptors (Lipinski definition) is 3. The van der Waals surface area contributed by atoms with Crippen LogP contribution < -0.4 is 10.1 Å². The topological polar surface area (TPSA) is 34.1 Å². The van der Waals surface area contributed by atoms with E-state index in [0.29, 0.717) is 6.61 Å². The van der Waals surface area contributed by atoms with E-state index < -0.39 is 0 Å². The van der Waals surface area contributed by atoms with Gasteiger partial charge in [0.1, 0.15) is 5.75 Å². The standard InChI is InChI=1S/C15H18N2O/c1-2-18-15-8-4-3-7-14(15)17-11-9-13-6-5-10-16-12-13/h3-8,10,12,17H,2,9,11H2,1H3. The Bertz CT molecular complexity index is 471. The van der Waals surface area contributed by atoms with E-state index in [4.69, 9.17) is 4.74 Å². The smallest absolute Gasteiger partial charge is 0.142 e. The molecule has 2 aromatic rings. The molecule has 0 aliphatic rings. The van der Waals surface area contributed by atoms with Crippen molar-refractivity contribution in [2.75, 3.05) is 18.5 Å². The summed E-state index contributed by atoms with van der Waals surface area (Å²) in [5.41, 5.74) is 2.28. The highest BCUT2D eigenvalue weighted by Crippen LogP contribution is 2.23. The van der Waals surface area contributed by atoms with Crippen molar-refractivity contribution in [3.63, 3.8) is 0 Å². The number of para-hydroxylation sites is 2. The van der Waals surface area contributed by atoms with Gasteiger partial charge in [-0.2, -0.15) is 0 Å². The molecule has 0 fully saturated rings. The van der Waals surface area contributed by atoms with Crippen molar-refractivity contribution in [1.82, 2.24) is 4.98 Å². The van der Waals surface area contributed by atoms with E-state index in [2.05, 4.69) is 16.4 Å². The third kappa shape index (κ3) is 3.48. The Hall–Kier alpha value is -2.03. The molecule has 0 radical (unpaired) electrons. The maximum absolute atomic E-state index is 5.56. The number of rotatable bonds is 6. The van der Waals surface area contributed by atoms with E-state index in [1.165, 1.54) is 5.56 Å². The first-order valence-corrected chi connectivity index (χ1v) is 6.24. The lowest BCUT2D eigenvalue weighted by Gasteiger charge is -2.11. The van der Waals surface area contributed by atoms with Crippen LogP contribution in [0.5, 0.6) is 5.75 Å². The van der Waals surface area contributed by atoms with Crippen LogP contribution in [-0.4, -0.2) is 18.1 Å². The van der Waals surface area contributed by atoms with Crippen LogP contribution in [0.15, 0.2) is 48.8 Å². The highest BCUT2D eigenvalue weighted by atomic mass is 16.5. The minimum absolute atomic E-state index is 0.682. The molecule has 1 aromatic carbocycles. The van der Waals surface area contributed by atoms with Gasteiger partial charge in [0.15, 0.2) is 0 Å². The molecule has 0 spiro atoms. The minimum Gasteiger partial charge on any atom is -0.492 e. The third-order valence-corrected chi connectivity index (χ3v) is 2.64. The molecular formula is C15H18N2O. The lowest BCUT2D eigenvalue weighted by molar-refractivity contribution is 0.341. The molecule has 3 heteroatoms. The first-order chi connectivity index (χ1) is 8.90. The zero-order valence-electron chi connectivity index (χ0n) is 10.6. The Morgan fingerprint density at radius 2 is 2.06 bits per heavy atom. The molecule has 18 heavy (non-hydrogen) atoms. The van der Waals surface area contributed by atoms with E-state index in [1.807, 2.05) is 43.5 Å². The van der Waals surface area contributed by atoms with E-state index in [0.717, 1.165) is 24.4 Å². The lowest BCUT2D eigenvalue weighted by Crippen LogP contribution is -2.06. The summed E-state index contributed by atoms with van der Waals surface area (Å²) in [6.45, 7) is 3.55. The van der Waals surface area contributed by atoms with Crippen LogP contribution in [0.3, 0.4) is 0 Å². The van der Waals surface area contributed by atoms with Crippen molar-refractivity contribution in [1.29, 1.82) is 0 Å². The monoisotopic (exact) mass is 242 g/mol. The molecule has 0 saturated carbocycles. The number of nitrogens with zero attached hydrogens (tertiary/aromatic N) is 1. The average molecular weight is 242 g/mol. The SMILES string of the molecule is CCOc1ccccc1NCCc1cccnc1. The molecule has 3 nitrogen and oxygen atoms in total. The largest absolute Gasteiger partial charge is 0.492 e. The van der Waals surface area contributed by atoms with E-state index >= 15 is 0 Å². The fraction of sp³-hybridized carbons (Fsp3) is 0.267. The van der Waals surface area contributed by atoms with E-state index in [9.17, 15) is 0 Å². The average Bonchev–Trinajstić information content (AvgIpc) is 2.42. The summed E-state index contributed by atoms with van der Waals surface area (Å²) in [5, 5.41) is 3.39. The minimum atomic E-state index is 0.682. The first kappa shape index (κ1) is 12.4. The number of anilines is 1. The highest BCUT2D eigenvalue weighted by molar-refractivity contribution is 5.56. The van der Waals surface area contributed by atoms with Crippen LogP contribution in [-0.2, 0) is 6.42 Å². The predicted octanol–water partition coefficient (Wildman–Crippen LogP) is 3.13. The maximum Gasteiger partial charge on any atom is 0.142 e. The molecule has 0 aliphatic heterocycles. The van der Waals surface area contributed by atoms with E-state index in [-0.39, 0.29) is 0 Å². The number of hydrogen-bond donors (Lipinski definition) is 1.